The van der Waals surface area contributed by atoms with Crippen LogP contribution in [0.15, 0.2) is 5.16 Å². The number of morpholine rings is 1. The predicted octanol–water partition coefficient (Wildman–Crippen LogP) is 1.10. The third kappa shape index (κ3) is 5.32. The summed E-state index contributed by atoms with van der Waals surface area (Å²) in [5, 5.41) is 3.95. The van der Waals surface area contributed by atoms with Crippen molar-refractivity contribution in [3.8, 4) is 0 Å². The van der Waals surface area contributed by atoms with Gasteiger partial charge in [-0.25, -0.2) is 0 Å². The summed E-state index contributed by atoms with van der Waals surface area (Å²) < 4.78 is 10.7. The third-order valence-corrected chi connectivity index (χ3v) is 2.35. The summed E-state index contributed by atoms with van der Waals surface area (Å²) in [5.41, 5.74) is 0. The van der Waals surface area contributed by atoms with Crippen LogP contribution in [0.3, 0.4) is 0 Å². The molecule has 5 nitrogen and oxygen atoms in total. The van der Waals surface area contributed by atoms with Gasteiger partial charge in [-0.15, -0.1) is 0 Å². The zero-order valence-electron chi connectivity index (χ0n) is 10.3. The Hall–Kier alpha value is -0.810. The average Bonchev–Trinajstić information content (AvgIpc) is 2.34. The Kier molecular flexibility index (Phi) is 6.92. The molecule has 1 fully saturated rings. The molecular formula is C11H22N2O3. The number of nitrogens with zero attached hydrogens (tertiary/aromatic N) is 2. The first-order valence-corrected chi connectivity index (χ1v) is 5.98. The molecule has 0 unspecified atom stereocenters. The molecule has 16 heavy (non-hydrogen) atoms. The molecule has 0 atom stereocenters. The van der Waals surface area contributed by atoms with Crippen LogP contribution < -0.4 is 0 Å². The van der Waals surface area contributed by atoms with Crippen LogP contribution in [0, 0.1) is 0 Å². The molecule has 0 amide bonds. The van der Waals surface area contributed by atoms with Crippen molar-refractivity contribution in [2.24, 2.45) is 5.16 Å². The number of rotatable bonds is 6. The summed E-state index contributed by atoms with van der Waals surface area (Å²) >= 11 is 0. The van der Waals surface area contributed by atoms with Crippen LogP contribution in [0.1, 0.15) is 20.3 Å². The minimum absolute atomic E-state index is 0.578. The molecule has 0 radical (unpaired) electrons. The fourth-order valence-electron chi connectivity index (χ4n) is 1.53. The van der Waals surface area contributed by atoms with Crippen LogP contribution in [0.25, 0.3) is 0 Å². The van der Waals surface area contributed by atoms with Gasteiger partial charge in [-0.1, -0.05) is 5.16 Å². The van der Waals surface area contributed by atoms with E-state index in [4.69, 9.17) is 14.3 Å². The lowest BCUT2D eigenvalue weighted by Crippen LogP contribution is -2.37. The molecule has 0 aromatic carbocycles. The van der Waals surface area contributed by atoms with E-state index in [9.17, 15) is 0 Å². The van der Waals surface area contributed by atoms with Gasteiger partial charge in [0.2, 0.25) is 5.90 Å². The van der Waals surface area contributed by atoms with Crippen molar-refractivity contribution >= 4 is 5.90 Å². The molecule has 1 aliphatic rings. The lowest BCUT2D eigenvalue weighted by atomic mass is 10.3. The van der Waals surface area contributed by atoms with Gasteiger partial charge in [-0.05, 0) is 13.8 Å². The van der Waals surface area contributed by atoms with Crippen molar-refractivity contribution in [3.63, 3.8) is 0 Å². The summed E-state index contributed by atoms with van der Waals surface area (Å²) in [6, 6.07) is 0. The SMILES string of the molecule is CCON=C(CCN1CCOCC1)OCC. The van der Waals surface area contributed by atoms with E-state index in [1.807, 2.05) is 13.8 Å². The highest BCUT2D eigenvalue weighted by atomic mass is 16.6. The standard InChI is InChI=1S/C11H22N2O3/c1-3-15-11(12-16-4-2)5-6-13-7-9-14-10-8-13/h3-10H2,1-2H3. The number of hydrogen-bond acceptors (Lipinski definition) is 5. The zero-order valence-corrected chi connectivity index (χ0v) is 10.3. The average molecular weight is 230 g/mol. The van der Waals surface area contributed by atoms with Crippen molar-refractivity contribution in [3.05, 3.63) is 0 Å². The first kappa shape index (κ1) is 13.3. The first-order valence-electron chi connectivity index (χ1n) is 5.98. The second-order valence-corrected chi connectivity index (χ2v) is 3.54. The van der Waals surface area contributed by atoms with E-state index >= 15 is 0 Å². The van der Waals surface area contributed by atoms with Gasteiger partial charge in [0.15, 0.2) is 0 Å². The smallest absolute Gasteiger partial charge is 0.226 e. The third-order valence-electron chi connectivity index (χ3n) is 2.35. The summed E-state index contributed by atoms with van der Waals surface area (Å²) in [4.78, 5) is 7.36. The highest BCUT2D eigenvalue weighted by Gasteiger charge is 2.11. The lowest BCUT2D eigenvalue weighted by Gasteiger charge is -2.26. The maximum atomic E-state index is 5.40. The van der Waals surface area contributed by atoms with E-state index in [1.165, 1.54) is 0 Å². The van der Waals surface area contributed by atoms with E-state index in [0.717, 1.165) is 39.3 Å². The summed E-state index contributed by atoms with van der Waals surface area (Å²) in [5.74, 6) is 0.691. The quantitative estimate of drug-likeness (QED) is 0.389. The second-order valence-electron chi connectivity index (χ2n) is 3.54. The Labute approximate surface area is 97.3 Å². The van der Waals surface area contributed by atoms with Crippen LogP contribution in [0.4, 0.5) is 0 Å². The van der Waals surface area contributed by atoms with Gasteiger partial charge in [0.05, 0.1) is 19.8 Å². The Bertz CT molecular complexity index is 203. The summed E-state index contributed by atoms with van der Waals surface area (Å²) in [6.07, 6.45) is 0.799. The van der Waals surface area contributed by atoms with Crippen LogP contribution in [0.2, 0.25) is 0 Å². The van der Waals surface area contributed by atoms with E-state index < -0.39 is 0 Å². The summed E-state index contributed by atoms with van der Waals surface area (Å²) in [6.45, 7) is 9.67. The Morgan fingerprint density at radius 2 is 2.00 bits per heavy atom. The maximum Gasteiger partial charge on any atom is 0.226 e. The van der Waals surface area contributed by atoms with E-state index in [0.29, 0.717) is 19.1 Å². The van der Waals surface area contributed by atoms with Crippen molar-refractivity contribution < 1.29 is 14.3 Å². The summed E-state index contributed by atoms with van der Waals surface area (Å²) in [7, 11) is 0. The highest BCUT2D eigenvalue weighted by molar-refractivity contribution is 5.75. The fourth-order valence-corrected chi connectivity index (χ4v) is 1.53. The topological polar surface area (TPSA) is 43.3 Å². The molecule has 0 spiro atoms. The van der Waals surface area contributed by atoms with Gasteiger partial charge < -0.3 is 14.3 Å². The number of ether oxygens (including phenoxy) is 2. The Morgan fingerprint density at radius 1 is 1.25 bits per heavy atom. The van der Waals surface area contributed by atoms with Gasteiger partial charge in [0.1, 0.15) is 6.61 Å². The molecule has 0 saturated carbocycles. The van der Waals surface area contributed by atoms with Crippen molar-refractivity contribution in [1.82, 2.24) is 4.90 Å². The monoisotopic (exact) mass is 230 g/mol. The van der Waals surface area contributed by atoms with Crippen molar-refractivity contribution in [2.75, 3.05) is 46.1 Å². The molecule has 5 heteroatoms. The van der Waals surface area contributed by atoms with Crippen molar-refractivity contribution in [2.45, 2.75) is 20.3 Å². The predicted molar refractivity (Wildman–Crippen MR) is 62.6 cm³/mol. The van der Waals surface area contributed by atoms with Crippen LogP contribution in [-0.2, 0) is 14.3 Å². The number of oxime groups is 1. The molecule has 0 bridgehead atoms. The number of hydrogen-bond donors (Lipinski definition) is 0. The van der Waals surface area contributed by atoms with Gasteiger partial charge >= 0.3 is 0 Å². The Morgan fingerprint density at radius 3 is 2.62 bits per heavy atom. The first-order chi connectivity index (χ1) is 7.86. The van der Waals surface area contributed by atoms with Gasteiger partial charge in [-0.2, -0.15) is 0 Å². The van der Waals surface area contributed by atoms with Crippen LogP contribution >= 0.6 is 0 Å². The van der Waals surface area contributed by atoms with Gasteiger partial charge in [0, 0.05) is 26.1 Å². The molecular weight excluding hydrogens is 208 g/mol. The van der Waals surface area contributed by atoms with Crippen molar-refractivity contribution in [1.29, 1.82) is 0 Å². The molecule has 0 aromatic heterocycles. The minimum Gasteiger partial charge on any atom is -0.479 e. The zero-order chi connectivity index (χ0) is 11.6. The Balaban J connectivity index is 2.24. The van der Waals surface area contributed by atoms with Crippen LogP contribution in [0.5, 0.6) is 0 Å². The molecule has 0 N–H and O–H groups in total. The van der Waals surface area contributed by atoms with E-state index in [2.05, 4.69) is 10.1 Å². The molecule has 1 rings (SSSR count). The normalized spacial score (nSPS) is 18.5. The minimum atomic E-state index is 0.578. The second kappa shape index (κ2) is 8.35. The van der Waals surface area contributed by atoms with Gasteiger partial charge in [0.25, 0.3) is 0 Å². The van der Waals surface area contributed by atoms with Crippen LogP contribution in [-0.4, -0.2) is 56.9 Å². The fraction of sp³-hybridized carbons (Fsp3) is 0.909. The van der Waals surface area contributed by atoms with E-state index in [1.54, 1.807) is 0 Å². The molecule has 1 heterocycles. The molecule has 1 saturated heterocycles. The maximum absolute atomic E-state index is 5.40. The largest absolute Gasteiger partial charge is 0.479 e. The molecule has 94 valence electrons. The van der Waals surface area contributed by atoms with Gasteiger partial charge in [-0.3, -0.25) is 4.90 Å². The highest BCUT2D eigenvalue weighted by Crippen LogP contribution is 2.00. The lowest BCUT2D eigenvalue weighted by molar-refractivity contribution is 0.0382. The van der Waals surface area contributed by atoms with E-state index in [-0.39, 0.29) is 0 Å². The molecule has 0 aromatic rings. The molecule has 0 aliphatic carbocycles. The molecule has 1 aliphatic heterocycles.